The third kappa shape index (κ3) is 6.78. The number of morpholine rings is 1. The highest BCUT2D eigenvalue weighted by molar-refractivity contribution is 7.99. The van der Waals surface area contributed by atoms with Gasteiger partial charge in [0.1, 0.15) is 6.10 Å². The lowest BCUT2D eigenvalue weighted by Gasteiger charge is -2.26. The molecule has 2 amide bonds. The summed E-state index contributed by atoms with van der Waals surface area (Å²) < 4.78 is 14.3. The van der Waals surface area contributed by atoms with E-state index in [-0.39, 0.29) is 12.1 Å². The third-order valence-corrected chi connectivity index (χ3v) is 8.77. The standard InChI is InChI=1S/C26H32N8O3S2/c35-24(27-11-12-33-13-15-36-16-14-33)29-25-28-20-8-7-19(17-21(20)39-25)38-26-31-30-22-9-10-23(32-34(22)26)37-18-5-3-1-2-4-6-18/h7-10,17-18H,1-6,11-16H2,(H2,27,28,29,35). The van der Waals surface area contributed by atoms with E-state index >= 15 is 0 Å². The number of amides is 2. The van der Waals surface area contributed by atoms with Gasteiger partial charge in [-0.15, -0.1) is 15.3 Å². The molecule has 4 heterocycles. The maximum Gasteiger partial charge on any atom is 0.321 e. The molecule has 0 radical (unpaired) electrons. The number of carbonyl (C=O) groups is 1. The highest BCUT2D eigenvalue weighted by Crippen LogP contribution is 2.33. The smallest absolute Gasteiger partial charge is 0.321 e. The van der Waals surface area contributed by atoms with E-state index < -0.39 is 0 Å². The fourth-order valence-corrected chi connectivity index (χ4v) is 6.63. The van der Waals surface area contributed by atoms with Gasteiger partial charge in [0.15, 0.2) is 10.8 Å². The Bertz CT molecular complexity index is 1410. The largest absolute Gasteiger partial charge is 0.473 e. The summed E-state index contributed by atoms with van der Waals surface area (Å²) in [5, 5.41) is 20.3. The zero-order valence-corrected chi connectivity index (χ0v) is 23.3. The van der Waals surface area contributed by atoms with Crippen molar-refractivity contribution < 1.29 is 14.3 Å². The van der Waals surface area contributed by atoms with Crippen LogP contribution in [0.25, 0.3) is 15.9 Å². The molecule has 0 atom stereocenters. The number of carbonyl (C=O) groups excluding carboxylic acids is 1. The van der Waals surface area contributed by atoms with Crippen molar-refractivity contribution >= 4 is 50.1 Å². The molecule has 2 N–H and O–H groups in total. The van der Waals surface area contributed by atoms with Crippen LogP contribution in [0.4, 0.5) is 9.93 Å². The van der Waals surface area contributed by atoms with Crippen LogP contribution in [0.15, 0.2) is 40.4 Å². The fraction of sp³-hybridized carbons (Fsp3) is 0.500. The minimum atomic E-state index is -0.250. The van der Waals surface area contributed by atoms with Gasteiger partial charge in [-0.1, -0.05) is 24.2 Å². The number of thiazole rings is 1. The Hall–Kier alpha value is -3.00. The fourth-order valence-electron chi connectivity index (χ4n) is 4.83. The van der Waals surface area contributed by atoms with E-state index in [4.69, 9.17) is 9.47 Å². The summed E-state index contributed by atoms with van der Waals surface area (Å²) in [6, 6.07) is 9.51. The van der Waals surface area contributed by atoms with E-state index in [9.17, 15) is 4.79 Å². The van der Waals surface area contributed by atoms with Crippen molar-refractivity contribution in [2.75, 3.05) is 44.7 Å². The van der Waals surface area contributed by atoms with Gasteiger partial charge in [-0.05, 0) is 61.7 Å². The van der Waals surface area contributed by atoms with Gasteiger partial charge in [0, 0.05) is 37.1 Å². The van der Waals surface area contributed by atoms with Crippen molar-refractivity contribution in [3.05, 3.63) is 30.3 Å². The van der Waals surface area contributed by atoms with Crippen LogP contribution in [0.2, 0.25) is 0 Å². The highest BCUT2D eigenvalue weighted by Gasteiger charge is 2.17. The summed E-state index contributed by atoms with van der Waals surface area (Å²) in [6.07, 6.45) is 7.34. The second kappa shape index (κ2) is 12.5. The summed E-state index contributed by atoms with van der Waals surface area (Å²) in [7, 11) is 0. The topological polar surface area (TPSA) is 119 Å². The van der Waals surface area contributed by atoms with E-state index in [1.165, 1.54) is 48.8 Å². The number of urea groups is 1. The Morgan fingerprint density at radius 1 is 1.10 bits per heavy atom. The number of rotatable bonds is 8. The van der Waals surface area contributed by atoms with Crippen molar-refractivity contribution in [3.63, 3.8) is 0 Å². The molecule has 1 saturated heterocycles. The number of ether oxygens (including phenoxy) is 2. The predicted octanol–water partition coefficient (Wildman–Crippen LogP) is 4.44. The summed E-state index contributed by atoms with van der Waals surface area (Å²) >= 11 is 2.92. The lowest BCUT2D eigenvalue weighted by Crippen LogP contribution is -2.42. The Kier molecular flexibility index (Phi) is 8.38. The molecule has 1 aromatic carbocycles. The monoisotopic (exact) mass is 568 g/mol. The number of fused-ring (bicyclic) bond motifs is 2. The van der Waals surface area contributed by atoms with Crippen LogP contribution in [-0.4, -0.2) is 81.2 Å². The number of nitrogens with one attached hydrogen (secondary N) is 2. The van der Waals surface area contributed by atoms with Gasteiger partial charge in [-0.3, -0.25) is 10.2 Å². The number of hydrogen-bond acceptors (Lipinski definition) is 10. The van der Waals surface area contributed by atoms with Crippen LogP contribution in [0.3, 0.4) is 0 Å². The van der Waals surface area contributed by atoms with Gasteiger partial charge in [-0.25, -0.2) is 9.78 Å². The van der Waals surface area contributed by atoms with Crippen LogP contribution in [-0.2, 0) is 4.74 Å². The van der Waals surface area contributed by atoms with E-state index in [1.54, 1.807) is 4.52 Å². The summed E-state index contributed by atoms with van der Waals surface area (Å²) in [6.45, 7) is 4.67. The molecule has 39 heavy (non-hydrogen) atoms. The van der Waals surface area contributed by atoms with E-state index in [0.717, 1.165) is 60.8 Å². The molecular weight excluding hydrogens is 536 g/mol. The van der Waals surface area contributed by atoms with Crippen molar-refractivity contribution in [3.8, 4) is 5.88 Å². The van der Waals surface area contributed by atoms with Crippen LogP contribution >= 0.6 is 23.1 Å². The molecule has 6 rings (SSSR count). The van der Waals surface area contributed by atoms with Crippen LogP contribution in [0.1, 0.15) is 38.5 Å². The second-order valence-corrected chi connectivity index (χ2v) is 11.8. The molecule has 206 valence electrons. The minimum Gasteiger partial charge on any atom is -0.473 e. The maximum absolute atomic E-state index is 12.4. The van der Waals surface area contributed by atoms with Crippen molar-refractivity contribution in [2.45, 2.75) is 54.7 Å². The zero-order chi connectivity index (χ0) is 26.4. The molecule has 0 unspecified atom stereocenters. The lowest BCUT2D eigenvalue weighted by atomic mass is 10.1. The Morgan fingerprint density at radius 3 is 2.79 bits per heavy atom. The first-order valence-electron chi connectivity index (χ1n) is 13.5. The third-order valence-electron chi connectivity index (χ3n) is 6.91. The van der Waals surface area contributed by atoms with Crippen molar-refractivity contribution in [2.24, 2.45) is 0 Å². The van der Waals surface area contributed by atoms with Crippen LogP contribution in [0.5, 0.6) is 5.88 Å². The zero-order valence-electron chi connectivity index (χ0n) is 21.7. The average molecular weight is 569 g/mol. The van der Waals surface area contributed by atoms with Gasteiger partial charge in [0.05, 0.1) is 23.4 Å². The Labute approximate surface area is 234 Å². The van der Waals surface area contributed by atoms with E-state index in [1.807, 2.05) is 30.3 Å². The molecule has 3 aromatic heterocycles. The minimum absolute atomic E-state index is 0.216. The lowest BCUT2D eigenvalue weighted by molar-refractivity contribution is 0.0388. The molecule has 1 aliphatic carbocycles. The summed E-state index contributed by atoms with van der Waals surface area (Å²) in [4.78, 5) is 20.2. The van der Waals surface area contributed by atoms with Crippen LogP contribution in [0, 0.1) is 0 Å². The van der Waals surface area contributed by atoms with Gasteiger partial charge < -0.3 is 14.8 Å². The van der Waals surface area contributed by atoms with Crippen molar-refractivity contribution in [1.82, 2.24) is 35.0 Å². The first kappa shape index (κ1) is 26.2. The predicted molar refractivity (Wildman–Crippen MR) is 151 cm³/mol. The first-order valence-corrected chi connectivity index (χ1v) is 15.2. The molecule has 1 saturated carbocycles. The van der Waals surface area contributed by atoms with Gasteiger partial charge in [0.2, 0.25) is 11.0 Å². The van der Waals surface area contributed by atoms with Gasteiger partial charge >= 0.3 is 6.03 Å². The average Bonchev–Trinajstić information content (AvgIpc) is 3.43. The molecule has 13 heteroatoms. The van der Waals surface area contributed by atoms with Gasteiger partial charge in [0.25, 0.3) is 0 Å². The van der Waals surface area contributed by atoms with Gasteiger partial charge in [-0.2, -0.15) is 4.52 Å². The number of benzene rings is 1. The molecule has 1 aliphatic heterocycles. The molecule has 11 nitrogen and oxygen atoms in total. The molecule has 0 spiro atoms. The molecule has 2 fully saturated rings. The molecular formula is C26H32N8O3S2. The molecule has 4 aromatic rings. The van der Waals surface area contributed by atoms with Crippen LogP contribution < -0.4 is 15.4 Å². The highest BCUT2D eigenvalue weighted by atomic mass is 32.2. The quantitative estimate of drug-likeness (QED) is 0.297. The number of anilines is 1. The van der Waals surface area contributed by atoms with E-state index in [2.05, 4.69) is 35.8 Å². The second-order valence-electron chi connectivity index (χ2n) is 9.74. The first-order chi connectivity index (χ1) is 19.2. The number of hydrogen-bond donors (Lipinski definition) is 2. The summed E-state index contributed by atoms with van der Waals surface area (Å²) in [5.74, 6) is 0.605. The SMILES string of the molecule is O=C(NCCN1CCOCC1)Nc1nc2ccc(Sc3nnc4ccc(OC5CCCCCC5)nn34)cc2s1. The number of aromatic nitrogens is 5. The molecule has 2 aliphatic rings. The number of nitrogens with zero attached hydrogens (tertiary/aromatic N) is 6. The Morgan fingerprint density at radius 2 is 1.95 bits per heavy atom. The normalized spacial score (nSPS) is 17.3. The maximum atomic E-state index is 12.4. The van der Waals surface area contributed by atoms with E-state index in [0.29, 0.717) is 28.4 Å². The molecule has 0 bridgehead atoms. The van der Waals surface area contributed by atoms with Crippen molar-refractivity contribution in [1.29, 1.82) is 0 Å². The Balaban J connectivity index is 1.08. The summed E-state index contributed by atoms with van der Waals surface area (Å²) in [5.41, 5.74) is 1.51.